The highest BCUT2D eigenvalue weighted by Crippen LogP contribution is 2.26. The van der Waals surface area contributed by atoms with E-state index in [1.165, 1.54) is 24.7 Å². The summed E-state index contributed by atoms with van der Waals surface area (Å²) in [6.45, 7) is 2.17. The van der Waals surface area contributed by atoms with E-state index in [4.69, 9.17) is 11.6 Å². The Balaban J connectivity index is 2.40. The van der Waals surface area contributed by atoms with Gasteiger partial charge in [0.15, 0.2) is 0 Å². The lowest BCUT2D eigenvalue weighted by Crippen LogP contribution is -2.00. The average molecular weight is 283 g/mol. The Labute approximate surface area is 121 Å². The Kier molecular flexibility index (Phi) is 7.57. The third-order valence-electron chi connectivity index (χ3n) is 3.23. The molecule has 0 aliphatic rings. The van der Waals surface area contributed by atoms with Crippen molar-refractivity contribution in [2.75, 3.05) is 7.11 Å². The number of carbonyl (C=O) groups excluding carboxylic acids is 1. The van der Waals surface area contributed by atoms with Gasteiger partial charge in [0.2, 0.25) is 0 Å². The molecule has 1 rings (SSSR count). The normalized spacial score (nSPS) is 12.2. The zero-order valence-electron chi connectivity index (χ0n) is 11.8. The second-order valence-electron chi connectivity index (χ2n) is 4.78. The highest BCUT2D eigenvalue weighted by molar-refractivity contribution is 6.20. The molecule has 0 N–H and O–H groups in total. The molecule has 1 unspecified atom stereocenters. The van der Waals surface area contributed by atoms with Crippen LogP contribution in [0.5, 0.6) is 0 Å². The van der Waals surface area contributed by atoms with Crippen molar-refractivity contribution in [1.29, 1.82) is 0 Å². The Morgan fingerprint density at radius 3 is 2.53 bits per heavy atom. The lowest BCUT2D eigenvalue weighted by atomic mass is 10.0. The predicted octanol–water partition coefficient (Wildman–Crippen LogP) is 4.65. The third-order valence-corrected chi connectivity index (χ3v) is 3.70. The minimum atomic E-state index is -0.142. The standard InChI is InChI=1S/C16H23ClO2/c1-3-4-7-15(17)14-11-9-13(10-12-14)6-5-8-16(18)19-2/h9-12,15H,3-8H2,1-2H3. The third kappa shape index (κ3) is 6.11. The molecule has 0 aliphatic carbocycles. The summed E-state index contributed by atoms with van der Waals surface area (Å²) in [6.07, 6.45) is 5.57. The lowest BCUT2D eigenvalue weighted by molar-refractivity contribution is -0.140. The molecule has 0 saturated carbocycles. The summed E-state index contributed by atoms with van der Waals surface area (Å²) in [6, 6.07) is 8.41. The molecule has 3 heteroatoms. The quantitative estimate of drug-likeness (QED) is 0.512. The van der Waals surface area contributed by atoms with E-state index in [1.54, 1.807) is 0 Å². The van der Waals surface area contributed by atoms with Crippen LogP contribution in [0.1, 0.15) is 55.5 Å². The van der Waals surface area contributed by atoms with Gasteiger partial charge in [0, 0.05) is 6.42 Å². The lowest BCUT2D eigenvalue weighted by Gasteiger charge is -2.10. The first-order valence-electron chi connectivity index (χ1n) is 6.97. The van der Waals surface area contributed by atoms with Crippen LogP contribution in [0.15, 0.2) is 24.3 Å². The summed E-state index contributed by atoms with van der Waals surface area (Å²) in [5.41, 5.74) is 2.43. The van der Waals surface area contributed by atoms with Gasteiger partial charge in [0.1, 0.15) is 0 Å². The van der Waals surface area contributed by atoms with Crippen LogP contribution in [0.3, 0.4) is 0 Å². The summed E-state index contributed by atoms with van der Waals surface area (Å²) in [5, 5.41) is 0.115. The topological polar surface area (TPSA) is 26.3 Å². The number of ether oxygens (including phenoxy) is 1. The molecule has 0 amide bonds. The monoisotopic (exact) mass is 282 g/mol. The molecule has 0 aliphatic heterocycles. The summed E-state index contributed by atoms with van der Waals surface area (Å²) in [5.74, 6) is -0.142. The van der Waals surface area contributed by atoms with E-state index in [1.807, 2.05) is 0 Å². The second-order valence-corrected chi connectivity index (χ2v) is 5.31. The van der Waals surface area contributed by atoms with Gasteiger partial charge >= 0.3 is 5.97 Å². The molecule has 0 saturated heterocycles. The van der Waals surface area contributed by atoms with Crippen molar-refractivity contribution in [2.45, 2.75) is 50.8 Å². The van der Waals surface area contributed by atoms with Gasteiger partial charge in [-0.1, -0.05) is 44.0 Å². The van der Waals surface area contributed by atoms with Gasteiger partial charge in [-0.05, 0) is 30.4 Å². The Morgan fingerprint density at radius 1 is 1.26 bits per heavy atom. The molecule has 1 aromatic carbocycles. The molecule has 0 spiro atoms. The van der Waals surface area contributed by atoms with Gasteiger partial charge in [-0.25, -0.2) is 0 Å². The van der Waals surface area contributed by atoms with Crippen molar-refractivity contribution in [2.24, 2.45) is 0 Å². The van der Waals surface area contributed by atoms with E-state index in [2.05, 4.69) is 35.9 Å². The maximum absolute atomic E-state index is 11.0. The van der Waals surface area contributed by atoms with Crippen molar-refractivity contribution >= 4 is 17.6 Å². The van der Waals surface area contributed by atoms with Crippen LogP contribution in [-0.2, 0) is 16.0 Å². The number of hydrogen-bond acceptors (Lipinski definition) is 2. The van der Waals surface area contributed by atoms with Crippen LogP contribution in [0.4, 0.5) is 0 Å². The number of aryl methyl sites for hydroxylation is 1. The minimum Gasteiger partial charge on any atom is -0.469 e. The second kappa shape index (κ2) is 8.98. The van der Waals surface area contributed by atoms with Crippen LogP contribution in [-0.4, -0.2) is 13.1 Å². The van der Waals surface area contributed by atoms with E-state index in [0.717, 1.165) is 25.7 Å². The highest BCUT2D eigenvalue weighted by Gasteiger charge is 2.07. The fraction of sp³-hybridized carbons (Fsp3) is 0.562. The van der Waals surface area contributed by atoms with E-state index in [0.29, 0.717) is 6.42 Å². The maximum Gasteiger partial charge on any atom is 0.305 e. The van der Waals surface area contributed by atoms with Crippen molar-refractivity contribution in [1.82, 2.24) is 0 Å². The Morgan fingerprint density at radius 2 is 1.95 bits per heavy atom. The van der Waals surface area contributed by atoms with E-state index in [9.17, 15) is 4.79 Å². The van der Waals surface area contributed by atoms with Gasteiger partial charge in [-0.2, -0.15) is 0 Å². The summed E-state index contributed by atoms with van der Waals surface area (Å²) in [4.78, 5) is 11.0. The van der Waals surface area contributed by atoms with Crippen LogP contribution in [0.2, 0.25) is 0 Å². The molecule has 0 aromatic heterocycles. The maximum atomic E-state index is 11.0. The fourth-order valence-electron chi connectivity index (χ4n) is 1.98. The van der Waals surface area contributed by atoms with Crippen molar-refractivity contribution in [3.8, 4) is 0 Å². The predicted molar refractivity (Wildman–Crippen MR) is 79.5 cm³/mol. The number of rotatable bonds is 8. The van der Waals surface area contributed by atoms with Crippen LogP contribution in [0.25, 0.3) is 0 Å². The zero-order valence-corrected chi connectivity index (χ0v) is 12.6. The summed E-state index contributed by atoms with van der Waals surface area (Å²) in [7, 11) is 1.42. The Bertz CT molecular complexity index is 373. The minimum absolute atomic E-state index is 0.115. The number of halogens is 1. The van der Waals surface area contributed by atoms with Gasteiger partial charge in [-0.15, -0.1) is 11.6 Å². The van der Waals surface area contributed by atoms with Gasteiger partial charge in [0.05, 0.1) is 12.5 Å². The molecular formula is C16H23ClO2. The van der Waals surface area contributed by atoms with Gasteiger partial charge in [-0.3, -0.25) is 4.79 Å². The molecule has 0 heterocycles. The zero-order chi connectivity index (χ0) is 14.1. The first kappa shape index (κ1) is 16.0. The largest absolute Gasteiger partial charge is 0.469 e. The fourth-order valence-corrected chi connectivity index (χ4v) is 2.28. The summed E-state index contributed by atoms with van der Waals surface area (Å²) >= 11 is 6.34. The molecule has 0 fully saturated rings. The number of methoxy groups -OCH3 is 1. The van der Waals surface area contributed by atoms with E-state index >= 15 is 0 Å². The molecule has 2 nitrogen and oxygen atoms in total. The number of carbonyl (C=O) groups is 1. The van der Waals surface area contributed by atoms with E-state index < -0.39 is 0 Å². The number of unbranched alkanes of at least 4 members (excludes halogenated alkanes) is 1. The van der Waals surface area contributed by atoms with Crippen LogP contribution < -0.4 is 0 Å². The molecule has 0 bridgehead atoms. The van der Waals surface area contributed by atoms with Crippen LogP contribution in [0, 0.1) is 0 Å². The Hall–Kier alpha value is -1.02. The smallest absolute Gasteiger partial charge is 0.305 e. The molecular weight excluding hydrogens is 260 g/mol. The van der Waals surface area contributed by atoms with Crippen molar-refractivity contribution in [3.05, 3.63) is 35.4 Å². The highest BCUT2D eigenvalue weighted by atomic mass is 35.5. The first-order valence-corrected chi connectivity index (χ1v) is 7.40. The van der Waals surface area contributed by atoms with Gasteiger partial charge in [0.25, 0.3) is 0 Å². The number of esters is 1. The first-order chi connectivity index (χ1) is 9.17. The SMILES string of the molecule is CCCCC(Cl)c1ccc(CCCC(=O)OC)cc1. The number of hydrogen-bond donors (Lipinski definition) is 0. The molecule has 1 atom stereocenters. The summed E-state index contributed by atoms with van der Waals surface area (Å²) < 4.78 is 4.62. The molecule has 1 aromatic rings. The molecule has 19 heavy (non-hydrogen) atoms. The number of alkyl halides is 1. The van der Waals surface area contributed by atoms with Gasteiger partial charge < -0.3 is 4.74 Å². The van der Waals surface area contributed by atoms with Crippen molar-refractivity contribution < 1.29 is 9.53 Å². The average Bonchev–Trinajstić information content (AvgIpc) is 2.45. The molecule has 0 radical (unpaired) electrons. The van der Waals surface area contributed by atoms with Crippen molar-refractivity contribution in [3.63, 3.8) is 0 Å². The van der Waals surface area contributed by atoms with E-state index in [-0.39, 0.29) is 11.3 Å². The van der Waals surface area contributed by atoms with Crippen LogP contribution >= 0.6 is 11.6 Å². The molecule has 106 valence electrons. The number of benzene rings is 1.